The van der Waals surface area contributed by atoms with Crippen molar-refractivity contribution in [2.24, 2.45) is 5.92 Å². The Kier molecular flexibility index (Phi) is 3.63. The van der Waals surface area contributed by atoms with E-state index in [0.717, 1.165) is 4.90 Å². The van der Waals surface area contributed by atoms with Gasteiger partial charge in [-0.1, -0.05) is 0 Å². The minimum Gasteiger partial charge on any atom is -0.481 e. The van der Waals surface area contributed by atoms with Gasteiger partial charge < -0.3 is 10.0 Å². The van der Waals surface area contributed by atoms with Gasteiger partial charge in [-0.15, -0.1) is 11.8 Å². The average Bonchev–Trinajstić information content (AvgIpc) is 2.25. The predicted molar refractivity (Wildman–Crippen MR) is 62.7 cm³/mol. The van der Waals surface area contributed by atoms with Crippen molar-refractivity contribution in [2.75, 3.05) is 18.8 Å². The Hall–Kier alpha value is -1.56. The molecule has 1 amide bonds. The number of carbonyl (C=O) groups is 2. The van der Waals surface area contributed by atoms with Gasteiger partial charge in [-0.25, -0.2) is 0 Å². The summed E-state index contributed by atoms with van der Waals surface area (Å²) in [4.78, 5) is 28.7. The molecule has 0 spiro atoms. The summed E-state index contributed by atoms with van der Waals surface area (Å²) in [5.74, 6) is -0.874. The second-order valence-corrected chi connectivity index (χ2v) is 4.85. The van der Waals surface area contributed by atoms with E-state index in [-0.39, 0.29) is 11.8 Å². The molecule has 1 aliphatic rings. The van der Waals surface area contributed by atoms with Crippen LogP contribution < -0.4 is 0 Å². The van der Waals surface area contributed by atoms with Crippen LogP contribution in [-0.4, -0.2) is 45.7 Å². The quantitative estimate of drug-likeness (QED) is 0.799. The maximum Gasteiger partial charge on any atom is 0.310 e. The normalized spacial score (nSPS) is 15.4. The molecule has 1 aromatic heterocycles. The highest BCUT2D eigenvalue weighted by Gasteiger charge is 2.35. The Morgan fingerprint density at radius 1 is 1.41 bits per heavy atom. The van der Waals surface area contributed by atoms with Crippen LogP contribution in [0.2, 0.25) is 0 Å². The molecule has 6 heteroatoms. The van der Waals surface area contributed by atoms with Crippen molar-refractivity contribution in [2.45, 2.75) is 4.90 Å². The summed E-state index contributed by atoms with van der Waals surface area (Å²) in [6.07, 6.45) is 3.35. The van der Waals surface area contributed by atoms with Crippen LogP contribution in [0.4, 0.5) is 0 Å². The minimum absolute atomic E-state index is 0.00990. The van der Waals surface area contributed by atoms with E-state index < -0.39 is 5.97 Å². The molecule has 0 saturated carbocycles. The number of nitrogens with zero attached hydrogens (tertiary/aromatic N) is 2. The first-order valence-electron chi connectivity index (χ1n) is 5.20. The number of hydrogen-bond acceptors (Lipinski definition) is 4. The molecular formula is C11H12N2O3S. The van der Waals surface area contributed by atoms with E-state index in [4.69, 9.17) is 5.11 Å². The Morgan fingerprint density at radius 3 is 2.65 bits per heavy atom. The molecule has 5 nitrogen and oxygen atoms in total. The molecule has 0 unspecified atom stereocenters. The van der Waals surface area contributed by atoms with Gasteiger partial charge in [0.2, 0.25) is 5.91 Å². The van der Waals surface area contributed by atoms with E-state index in [2.05, 4.69) is 4.98 Å². The molecule has 1 saturated heterocycles. The Bertz CT molecular complexity index is 418. The van der Waals surface area contributed by atoms with E-state index in [0.29, 0.717) is 18.8 Å². The monoisotopic (exact) mass is 252 g/mol. The number of thioether (sulfide) groups is 1. The lowest BCUT2D eigenvalue weighted by atomic mass is 10.0. The first-order chi connectivity index (χ1) is 8.16. The number of carbonyl (C=O) groups excluding carboxylic acids is 1. The molecule has 0 bridgehead atoms. The van der Waals surface area contributed by atoms with Crippen LogP contribution in [0.5, 0.6) is 0 Å². The zero-order valence-corrected chi connectivity index (χ0v) is 9.89. The topological polar surface area (TPSA) is 70.5 Å². The third kappa shape index (κ3) is 2.97. The van der Waals surface area contributed by atoms with E-state index in [1.54, 1.807) is 17.3 Å². The number of aliphatic carboxylic acids is 1. The van der Waals surface area contributed by atoms with Gasteiger partial charge in [0.25, 0.3) is 0 Å². The number of carboxylic acids is 1. The number of aromatic nitrogens is 1. The van der Waals surface area contributed by atoms with Crippen LogP contribution in [0, 0.1) is 5.92 Å². The van der Waals surface area contributed by atoms with E-state index in [1.165, 1.54) is 11.8 Å². The van der Waals surface area contributed by atoms with Crippen LogP contribution in [0.1, 0.15) is 0 Å². The lowest BCUT2D eigenvalue weighted by Gasteiger charge is -2.36. The summed E-state index contributed by atoms with van der Waals surface area (Å²) in [6, 6.07) is 3.68. The van der Waals surface area contributed by atoms with Crippen molar-refractivity contribution >= 4 is 23.6 Å². The van der Waals surface area contributed by atoms with E-state index in [9.17, 15) is 9.59 Å². The highest BCUT2D eigenvalue weighted by molar-refractivity contribution is 8.00. The molecule has 17 heavy (non-hydrogen) atoms. The van der Waals surface area contributed by atoms with Gasteiger partial charge in [-0.3, -0.25) is 14.6 Å². The highest BCUT2D eigenvalue weighted by atomic mass is 32.2. The highest BCUT2D eigenvalue weighted by Crippen LogP contribution is 2.20. The molecule has 0 atom stereocenters. The molecule has 2 heterocycles. The zero-order valence-electron chi connectivity index (χ0n) is 9.07. The van der Waals surface area contributed by atoms with Crippen LogP contribution in [0.15, 0.2) is 29.4 Å². The first kappa shape index (κ1) is 11.9. The number of amides is 1. The number of likely N-dealkylation sites (tertiary alicyclic amines) is 1. The smallest absolute Gasteiger partial charge is 0.310 e. The molecule has 90 valence electrons. The van der Waals surface area contributed by atoms with Crippen LogP contribution in [0.25, 0.3) is 0 Å². The molecule has 0 aliphatic carbocycles. The summed E-state index contributed by atoms with van der Waals surface area (Å²) < 4.78 is 0. The first-order valence-corrected chi connectivity index (χ1v) is 6.19. The fraction of sp³-hybridized carbons (Fsp3) is 0.364. The molecule has 1 aliphatic heterocycles. The minimum atomic E-state index is -0.823. The summed E-state index contributed by atoms with van der Waals surface area (Å²) >= 11 is 1.44. The lowest BCUT2D eigenvalue weighted by Crippen LogP contribution is -2.53. The zero-order chi connectivity index (χ0) is 12.3. The average molecular weight is 252 g/mol. The molecular weight excluding hydrogens is 240 g/mol. The molecule has 1 N–H and O–H groups in total. The van der Waals surface area contributed by atoms with E-state index in [1.807, 2.05) is 12.1 Å². The van der Waals surface area contributed by atoms with Crippen molar-refractivity contribution in [3.05, 3.63) is 24.5 Å². The molecule has 2 rings (SSSR count). The van der Waals surface area contributed by atoms with Crippen LogP contribution in [-0.2, 0) is 9.59 Å². The van der Waals surface area contributed by atoms with Crippen LogP contribution in [0.3, 0.4) is 0 Å². The third-order valence-electron chi connectivity index (χ3n) is 2.60. The van der Waals surface area contributed by atoms with Gasteiger partial charge in [0.1, 0.15) is 0 Å². The lowest BCUT2D eigenvalue weighted by molar-refractivity contribution is -0.151. The van der Waals surface area contributed by atoms with Crippen molar-refractivity contribution in [1.82, 2.24) is 9.88 Å². The number of rotatable bonds is 4. The Labute approximate surface area is 103 Å². The molecule has 1 fully saturated rings. The van der Waals surface area contributed by atoms with Gasteiger partial charge in [0, 0.05) is 30.4 Å². The fourth-order valence-electron chi connectivity index (χ4n) is 1.51. The van der Waals surface area contributed by atoms with Crippen molar-refractivity contribution in [3.63, 3.8) is 0 Å². The van der Waals surface area contributed by atoms with Gasteiger partial charge >= 0.3 is 5.97 Å². The van der Waals surface area contributed by atoms with Crippen LogP contribution >= 0.6 is 11.8 Å². The van der Waals surface area contributed by atoms with E-state index >= 15 is 0 Å². The summed E-state index contributed by atoms with van der Waals surface area (Å²) in [6.45, 7) is 0.677. The second kappa shape index (κ2) is 5.18. The van der Waals surface area contributed by atoms with Crippen molar-refractivity contribution in [3.8, 4) is 0 Å². The summed E-state index contributed by atoms with van der Waals surface area (Å²) in [5, 5.41) is 8.69. The summed E-state index contributed by atoms with van der Waals surface area (Å²) in [7, 11) is 0. The fourth-order valence-corrected chi connectivity index (χ4v) is 2.30. The SMILES string of the molecule is O=C(O)C1CN(C(=O)CSc2ccncc2)C1. The van der Waals surface area contributed by atoms with Gasteiger partial charge in [0.05, 0.1) is 11.7 Å². The Balaban J connectivity index is 1.74. The number of pyridine rings is 1. The predicted octanol–water partition coefficient (Wildman–Crippen LogP) is 0.717. The molecule has 0 aromatic carbocycles. The van der Waals surface area contributed by atoms with Gasteiger partial charge in [0.15, 0.2) is 0 Å². The summed E-state index contributed by atoms with van der Waals surface area (Å²) in [5.41, 5.74) is 0. The van der Waals surface area contributed by atoms with Crippen molar-refractivity contribution < 1.29 is 14.7 Å². The second-order valence-electron chi connectivity index (χ2n) is 3.81. The number of carboxylic acid groups (broad SMARTS) is 1. The molecule has 1 aromatic rings. The van der Waals surface area contributed by atoms with Gasteiger partial charge in [-0.05, 0) is 12.1 Å². The van der Waals surface area contributed by atoms with Gasteiger partial charge in [-0.2, -0.15) is 0 Å². The molecule has 0 radical (unpaired) electrons. The third-order valence-corrected chi connectivity index (χ3v) is 3.59. The largest absolute Gasteiger partial charge is 0.481 e. The Morgan fingerprint density at radius 2 is 2.06 bits per heavy atom. The number of hydrogen-bond donors (Lipinski definition) is 1. The maximum absolute atomic E-state index is 11.7. The standard InChI is InChI=1S/C11H12N2O3S/c14-10(13-5-8(6-13)11(15)16)7-17-9-1-3-12-4-2-9/h1-4,8H,5-7H2,(H,15,16). The maximum atomic E-state index is 11.7. The van der Waals surface area contributed by atoms with Crippen molar-refractivity contribution in [1.29, 1.82) is 0 Å².